The second kappa shape index (κ2) is 5.65. The predicted molar refractivity (Wildman–Crippen MR) is 76.9 cm³/mol. The van der Waals surface area contributed by atoms with Crippen LogP contribution in [0.2, 0.25) is 0 Å². The Morgan fingerprint density at radius 1 is 1.21 bits per heavy atom. The van der Waals surface area contributed by atoms with Crippen LogP contribution in [0.1, 0.15) is 23.9 Å². The van der Waals surface area contributed by atoms with Gasteiger partial charge in [-0.05, 0) is 32.9 Å². The van der Waals surface area contributed by atoms with Gasteiger partial charge in [0.1, 0.15) is 18.0 Å². The minimum absolute atomic E-state index is 0.528. The Kier molecular flexibility index (Phi) is 3.94. The molecule has 2 aromatic rings. The van der Waals surface area contributed by atoms with Crippen molar-refractivity contribution in [2.45, 2.75) is 27.3 Å². The Labute approximate surface area is 113 Å². The summed E-state index contributed by atoms with van der Waals surface area (Å²) in [5.74, 6) is 1.40. The van der Waals surface area contributed by atoms with E-state index in [1.165, 1.54) is 6.33 Å². The minimum Gasteiger partial charge on any atom is -0.383 e. The molecule has 2 heterocycles. The molecule has 0 saturated heterocycles. The topological polar surface area (TPSA) is 67.9 Å². The van der Waals surface area contributed by atoms with Gasteiger partial charge >= 0.3 is 0 Å². The molecule has 5 heteroatoms. The van der Waals surface area contributed by atoms with E-state index in [1.54, 1.807) is 0 Å². The molecule has 0 atom stereocenters. The third-order valence-electron chi connectivity index (χ3n) is 3.08. The molecule has 0 unspecified atom stereocenters. The van der Waals surface area contributed by atoms with Crippen LogP contribution in [0, 0.1) is 13.8 Å². The molecular formula is C14H19N5. The van der Waals surface area contributed by atoms with Crippen LogP contribution in [0.3, 0.4) is 0 Å². The van der Waals surface area contributed by atoms with Crippen molar-refractivity contribution in [3.63, 3.8) is 0 Å². The van der Waals surface area contributed by atoms with Crippen LogP contribution < -0.4 is 10.6 Å². The largest absolute Gasteiger partial charge is 0.383 e. The smallest absolute Gasteiger partial charge is 0.137 e. The van der Waals surface area contributed by atoms with Gasteiger partial charge in [0.05, 0.1) is 12.2 Å². The van der Waals surface area contributed by atoms with E-state index in [9.17, 15) is 0 Å². The lowest BCUT2D eigenvalue weighted by Gasteiger charge is -2.23. The molecule has 2 aromatic heterocycles. The molecule has 2 N–H and O–H groups in total. The second-order valence-electron chi connectivity index (χ2n) is 4.49. The number of aryl methyl sites for hydroxylation is 1. The number of pyridine rings is 1. The summed E-state index contributed by atoms with van der Waals surface area (Å²) in [7, 11) is 0. The highest BCUT2D eigenvalue weighted by Crippen LogP contribution is 2.21. The van der Waals surface area contributed by atoms with E-state index in [0.717, 1.165) is 35.9 Å². The monoisotopic (exact) mass is 257 g/mol. The van der Waals surface area contributed by atoms with Crippen molar-refractivity contribution in [3.8, 4) is 0 Å². The number of rotatable bonds is 4. The van der Waals surface area contributed by atoms with Gasteiger partial charge in [0, 0.05) is 17.8 Å². The van der Waals surface area contributed by atoms with E-state index in [4.69, 9.17) is 5.73 Å². The maximum Gasteiger partial charge on any atom is 0.137 e. The summed E-state index contributed by atoms with van der Waals surface area (Å²) in [6.45, 7) is 7.58. The van der Waals surface area contributed by atoms with Crippen LogP contribution in [0.4, 0.5) is 11.6 Å². The van der Waals surface area contributed by atoms with E-state index < -0.39 is 0 Å². The molecule has 0 aliphatic rings. The molecule has 0 radical (unpaired) electrons. The normalized spacial score (nSPS) is 10.5. The Bertz CT molecular complexity index is 568. The zero-order chi connectivity index (χ0) is 13.8. The standard InChI is InChI=1S/C14H19N5/c1-4-19(8-12-7-5-6-10(2)18-12)14-11(3)13(15)16-9-17-14/h5-7,9H,4,8H2,1-3H3,(H2,15,16,17). The maximum atomic E-state index is 5.84. The van der Waals surface area contributed by atoms with E-state index >= 15 is 0 Å². The van der Waals surface area contributed by atoms with Crippen LogP contribution in [-0.4, -0.2) is 21.5 Å². The van der Waals surface area contributed by atoms with Gasteiger partial charge in [-0.15, -0.1) is 0 Å². The van der Waals surface area contributed by atoms with Crippen molar-refractivity contribution in [3.05, 3.63) is 41.5 Å². The minimum atomic E-state index is 0.528. The fourth-order valence-electron chi connectivity index (χ4n) is 1.99. The van der Waals surface area contributed by atoms with Gasteiger partial charge in [-0.25, -0.2) is 9.97 Å². The van der Waals surface area contributed by atoms with Crippen LogP contribution in [0.5, 0.6) is 0 Å². The fraction of sp³-hybridized carbons (Fsp3) is 0.357. The van der Waals surface area contributed by atoms with Gasteiger partial charge in [0.25, 0.3) is 0 Å². The van der Waals surface area contributed by atoms with Gasteiger partial charge in [-0.2, -0.15) is 0 Å². The summed E-state index contributed by atoms with van der Waals surface area (Å²) in [6, 6.07) is 6.04. The van der Waals surface area contributed by atoms with E-state index in [0.29, 0.717) is 5.82 Å². The first-order valence-corrected chi connectivity index (χ1v) is 6.36. The van der Waals surface area contributed by atoms with Crippen molar-refractivity contribution in [1.82, 2.24) is 15.0 Å². The quantitative estimate of drug-likeness (QED) is 0.908. The average Bonchev–Trinajstić information content (AvgIpc) is 2.40. The van der Waals surface area contributed by atoms with Gasteiger partial charge < -0.3 is 10.6 Å². The molecule has 0 spiro atoms. The Balaban J connectivity index is 2.28. The molecule has 0 bridgehead atoms. The van der Waals surface area contributed by atoms with Crippen LogP contribution in [0.15, 0.2) is 24.5 Å². The highest BCUT2D eigenvalue weighted by atomic mass is 15.2. The lowest BCUT2D eigenvalue weighted by molar-refractivity contribution is 0.784. The molecule has 2 rings (SSSR count). The van der Waals surface area contributed by atoms with Gasteiger partial charge in [-0.1, -0.05) is 6.07 Å². The van der Waals surface area contributed by atoms with Gasteiger partial charge in [0.2, 0.25) is 0 Å². The summed E-state index contributed by atoms with van der Waals surface area (Å²) in [5.41, 5.74) is 8.80. The number of hydrogen-bond donors (Lipinski definition) is 1. The number of aromatic nitrogens is 3. The van der Waals surface area contributed by atoms with Gasteiger partial charge in [0.15, 0.2) is 0 Å². The summed E-state index contributed by atoms with van der Waals surface area (Å²) in [5, 5.41) is 0. The molecule has 5 nitrogen and oxygen atoms in total. The highest BCUT2D eigenvalue weighted by molar-refractivity contribution is 5.55. The van der Waals surface area contributed by atoms with Gasteiger partial charge in [-0.3, -0.25) is 4.98 Å². The Morgan fingerprint density at radius 2 is 2.00 bits per heavy atom. The van der Waals surface area contributed by atoms with Crippen molar-refractivity contribution >= 4 is 11.6 Å². The molecule has 19 heavy (non-hydrogen) atoms. The molecular weight excluding hydrogens is 238 g/mol. The van der Waals surface area contributed by atoms with Crippen molar-refractivity contribution < 1.29 is 0 Å². The highest BCUT2D eigenvalue weighted by Gasteiger charge is 2.12. The molecule has 0 aliphatic carbocycles. The lowest BCUT2D eigenvalue weighted by Crippen LogP contribution is -2.25. The summed E-state index contributed by atoms with van der Waals surface area (Å²) in [6.07, 6.45) is 1.50. The fourth-order valence-corrected chi connectivity index (χ4v) is 1.99. The number of hydrogen-bond acceptors (Lipinski definition) is 5. The first kappa shape index (κ1) is 13.3. The van der Waals surface area contributed by atoms with Crippen LogP contribution >= 0.6 is 0 Å². The predicted octanol–water partition coefficient (Wildman–Crippen LogP) is 2.10. The molecule has 0 aliphatic heterocycles. The summed E-state index contributed by atoms with van der Waals surface area (Å²) < 4.78 is 0. The summed E-state index contributed by atoms with van der Waals surface area (Å²) in [4.78, 5) is 15.0. The Morgan fingerprint density at radius 3 is 2.68 bits per heavy atom. The zero-order valence-corrected chi connectivity index (χ0v) is 11.6. The number of nitrogens with two attached hydrogens (primary N) is 1. The van der Waals surface area contributed by atoms with Crippen molar-refractivity contribution in [2.75, 3.05) is 17.2 Å². The molecule has 0 fully saturated rings. The van der Waals surface area contributed by atoms with Crippen LogP contribution in [-0.2, 0) is 6.54 Å². The third-order valence-corrected chi connectivity index (χ3v) is 3.08. The van der Waals surface area contributed by atoms with E-state index in [2.05, 4.69) is 26.8 Å². The molecule has 0 saturated carbocycles. The SMILES string of the molecule is CCN(Cc1cccc(C)n1)c1ncnc(N)c1C. The van der Waals surface area contributed by atoms with Crippen molar-refractivity contribution in [1.29, 1.82) is 0 Å². The van der Waals surface area contributed by atoms with Crippen LogP contribution in [0.25, 0.3) is 0 Å². The zero-order valence-electron chi connectivity index (χ0n) is 11.6. The second-order valence-corrected chi connectivity index (χ2v) is 4.49. The molecule has 0 aromatic carbocycles. The lowest BCUT2D eigenvalue weighted by atomic mass is 10.2. The summed E-state index contributed by atoms with van der Waals surface area (Å²) >= 11 is 0. The van der Waals surface area contributed by atoms with Crippen molar-refractivity contribution in [2.24, 2.45) is 0 Å². The first-order chi connectivity index (χ1) is 9.11. The number of nitrogens with zero attached hydrogens (tertiary/aromatic N) is 4. The average molecular weight is 257 g/mol. The van der Waals surface area contributed by atoms with E-state index in [1.807, 2.05) is 32.0 Å². The third kappa shape index (κ3) is 2.99. The molecule has 100 valence electrons. The molecule has 0 amide bonds. The van der Waals surface area contributed by atoms with E-state index in [-0.39, 0.29) is 0 Å². The number of anilines is 2. The maximum absolute atomic E-state index is 5.84. The first-order valence-electron chi connectivity index (χ1n) is 6.36. The Hall–Kier alpha value is -2.17. The number of nitrogen functional groups attached to an aromatic ring is 1.